The molecule has 0 fully saturated rings. The molecular weight excluding hydrogens is 392 g/mol. The van der Waals surface area contributed by atoms with E-state index >= 15 is 0 Å². The molecule has 162 valence electrons. The summed E-state index contributed by atoms with van der Waals surface area (Å²) in [6.07, 6.45) is 2.04. The average molecular weight is 427 g/mol. The number of thioether (sulfide) groups is 1. The lowest BCUT2D eigenvalue weighted by Gasteiger charge is -2.19. The van der Waals surface area contributed by atoms with E-state index in [1.54, 1.807) is 0 Å². The van der Waals surface area contributed by atoms with Crippen LogP contribution >= 0.6 is 11.8 Å². The van der Waals surface area contributed by atoms with Crippen LogP contribution in [0.1, 0.15) is 58.6 Å². The van der Waals surface area contributed by atoms with Crippen molar-refractivity contribution in [1.82, 2.24) is 0 Å². The summed E-state index contributed by atoms with van der Waals surface area (Å²) < 4.78 is 0. The summed E-state index contributed by atoms with van der Waals surface area (Å²) in [6.45, 7) is 12.3. The van der Waals surface area contributed by atoms with Gasteiger partial charge in [-0.25, -0.2) is 0 Å². The Kier molecular flexibility index (Phi) is 8.54. The third kappa shape index (κ3) is 7.21. The van der Waals surface area contributed by atoms with E-state index in [9.17, 15) is 9.59 Å². The maximum atomic E-state index is 13.0. The molecule has 30 heavy (non-hydrogen) atoms. The molecular formula is C25H34N2O2S. The van der Waals surface area contributed by atoms with Gasteiger partial charge in [0.05, 0.1) is 5.25 Å². The van der Waals surface area contributed by atoms with Gasteiger partial charge in [0.2, 0.25) is 11.8 Å². The van der Waals surface area contributed by atoms with Crippen molar-refractivity contribution in [3.63, 3.8) is 0 Å². The van der Waals surface area contributed by atoms with Crippen LogP contribution in [-0.2, 0) is 16.0 Å². The van der Waals surface area contributed by atoms with E-state index in [1.807, 2.05) is 71.0 Å². The Bertz CT molecular complexity index is 887. The van der Waals surface area contributed by atoms with E-state index in [2.05, 4.69) is 23.6 Å². The fourth-order valence-electron chi connectivity index (χ4n) is 3.23. The lowest BCUT2D eigenvalue weighted by atomic mass is 9.92. The van der Waals surface area contributed by atoms with Crippen LogP contribution in [0.5, 0.6) is 0 Å². The molecule has 0 bridgehead atoms. The average Bonchev–Trinajstić information content (AvgIpc) is 2.66. The number of anilines is 2. The summed E-state index contributed by atoms with van der Waals surface area (Å²) in [5.41, 5.74) is 3.84. The Morgan fingerprint density at radius 3 is 2.37 bits per heavy atom. The second-order valence-electron chi connectivity index (χ2n) is 8.78. The van der Waals surface area contributed by atoms with E-state index in [4.69, 9.17) is 0 Å². The molecule has 2 amide bonds. The van der Waals surface area contributed by atoms with Gasteiger partial charge in [-0.05, 0) is 54.5 Å². The lowest BCUT2D eigenvalue weighted by molar-refractivity contribution is -0.118. The van der Waals surface area contributed by atoms with Gasteiger partial charge in [0.25, 0.3) is 0 Å². The van der Waals surface area contributed by atoms with Gasteiger partial charge in [0.15, 0.2) is 0 Å². The maximum absolute atomic E-state index is 13.0. The highest BCUT2D eigenvalue weighted by atomic mass is 32.2. The monoisotopic (exact) mass is 426 g/mol. The van der Waals surface area contributed by atoms with Crippen LogP contribution in [0.25, 0.3) is 0 Å². The highest BCUT2D eigenvalue weighted by Gasteiger charge is 2.20. The fraction of sp³-hybridized carbons (Fsp3) is 0.440. The predicted molar refractivity (Wildman–Crippen MR) is 128 cm³/mol. The van der Waals surface area contributed by atoms with Crippen LogP contribution in [0.2, 0.25) is 0 Å². The topological polar surface area (TPSA) is 58.2 Å². The minimum Gasteiger partial charge on any atom is -0.326 e. The highest BCUT2D eigenvalue weighted by Crippen LogP contribution is 2.30. The van der Waals surface area contributed by atoms with Crippen molar-refractivity contribution >= 4 is 35.0 Å². The molecule has 0 aliphatic carbocycles. The number of carbonyl (C=O) groups is 2. The van der Waals surface area contributed by atoms with Crippen molar-refractivity contribution in [3.8, 4) is 0 Å². The summed E-state index contributed by atoms with van der Waals surface area (Å²) in [4.78, 5) is 26.2. The molecule has 4 nitrogen and oxygen atoms in total. The predicted octanol–water partition coefficient (Wildman–Crippen LogP) is 6.44. The van der Waals surface area contributed by atoms with Gasteiger partial charge in [-0.1, -0.05) is 58.9 Å². The summed E-state index contributed by atoms with van der Waals surface area (Å²) >= 11 is 1.53. The van der Waals surface area contributed by atoms with Crippen molar-refractivity contribution in [1.29, 1.82) is 0 Å². The first kappa shape index (κ1) is 24.0. The van der Waals surface area contributed by atoms with Crippen LogP contribution in [-0.4, -0.2) is 17.1 Å². The Morgan fingerprint density at radius 1 is 1.03 bits per heavy atom. The minimum atomic E-state index is -0.213. The van der Waals surface area contributed by atoms with Crippen molar-refractivity contribution in [2.75, 3.05) is 10.6 Å². The minimum absolute atomic E-state index is 0.00100. The second-order valence-corrected chi connectivity index (χ2v) is 10.1. The summed E-state index contributed by atoms with van der Waals surface area (Å²) in [7, 11) is 0. The SMILES string of the molecule is CCc1cccc(C)c1NC(=O)C(CC)Sc1cccc(NC(=O)CC(C)(C)C)c1. The second kappa shape index (κ2) is 10.7. The number of hydrogen-bond donors (Lipinski definition) is 2. The Morgan fingerprint density at radius 2 is 1.73 bits per heavy atom. The first-order valence-corrected chi connectivity index (χ1v) is 11.5. The smallest absolute Gasteiger partial charge is 0.237 e. The summed E-state index contributed by atoms with van der Waals surface area (Å²) in [5.74, 6) is 0.00903. The Labute approximate surface area is 185 Å². The lowest BCUT2D eigenvalue weighted by Crippen LogP contribution is -2.25. The van der Waals surface area contributed by atoms with Gasteiger partial charge in [-0.2, -0.15) is 0 Å². The number of rotatable bonds is 8. The van der Waals surface area contributed by atoms with Crippen LogP contribution in [0.3, 0.4) is 0 Å². The molecule has 2 rings (SSSR count). The van der Waals surface area contributed by atoms with Crippen molar-refractivity contribution < 1.29 is 9.59 Å². The number of benzene rings is 2. The van der Waals surface area contributed by atoms with Crippen LogP contribution in [0.4, 0.5) is 11.4 Å². The molecule has 2 aromatic carbocycles. The molecule has 0 saturated carbocycles. The van der Waals surface area contributed by atoms with E-state index in [0.29, 0.717) is 12.8 Å². The standard InChI is InChI=1S/C25H34N2O2S/c1-7-18-12-9-11-17(3)23(18)27-24(29)21(8-2)30-20-14-10-13-19(15-20)26-22(28)16-25(4,5)6/h9-15,21H,7-8,16H2,1-6H3,(H,26,28)(H,27,29). The molecule has 2 N–H and O–H groups in total. The number of hydrogen-bond acceptors (Lipinski definition) is 3. The van der Waals surface area contributed by atoms with Gasteiger partial charge in [-0.3, -0.25) is 9.59 Å². The van der Waals surface area contributed by atoms with Gasteiger partial charge in [0.1, 0.15) is 0 Å². The van der Waals surface area contributed by atoms with E-state index in [0.717, 1.165) is 33.8 Å². The van der Waals surface area contributed by atoms with Crippen molar-refractivity contribution in [3.05, 3.63) is 53.6 Å². The van der Waals surface area contributed by atoms with Crippen LogP contribution < -0.4 is 10.6 Å². The van der Waals surface area contributed by atoms with Gasteiger partial charge in [0, 0.05) is 22.7 Å². The maximum Gasteiger partial charge on any atom is 0.237 e. The zero-order chi connectivity index (χ0) is 22.3. The molecule has 0 spiro atoms. The molecule has 0 aliphatic rings. The molecule has 5 heteroatoms. The van der Waals surface area contributed by atoms with E-state index < -0.39 is 0 Å². The third-order valence-electron chi connectivity index (χ3n) is 4.74. The number of nitrogens with one attached hydrogen (secondary N) is 2. The number of carbonyl (C=O) groups excluding carboxylic acids is 2. The van der Waals surface area contributed by atoms with Gasteiger partial charge in [-0.15, -0.1) is 11.8 Å². The number of amides is 2. The summed E-state index contributed by atoms with van der Waals surface area (Å²) in [6, 6.07) is 13.8. The van der Waals surface area contributed by atoms with Crippen LogP contribution in [0, 0.1) is 12.3 Å². The normalized spacial score (nSPS) is 12.3. The molecule has 2 aromatic rings. The zero-order valence-corrected chi connectivity index (χ0v) is 19.8. The summed E-state index contributed by atoms with van der Waals surface area (Å²) in [5, 5.41) is 5.90. The molecule has 1 unspecified atom stereocenters. The number of aryl methyl sites for hydroxylation is 2. The molecule has 1 atom stereocenters. The molecule has 0 radical (unpaired) electrons. The Hall–Kier alpha value is -2.27. The first-order valence-electron chi connectivity index (χ1n) is 10.6. The first-order chi connectivity index (χ1) is 14.1. The van der Waals surface area contributed by atoms with E-state index in [-0.39, 0.29) is 22.5 Å². The quantitative estimate of drug-likeness (QED) is 0.477. The number of para-hydroxylation sites is 1. The van der Waals surface area contributed by atoms with E-state index in [1.165, 1.54) is 11.8 Å². The third-order valence-corrected chi connectivity index (χ3v) is 6.10. The molecule has 0 aromatic heterocycles. The van der Waals surface area contributed by atoms with Crippen LogP contribution in [0.15, 0.2) is 47.4 Å². The highest BCUT2D eigenvalue weighted by molar-refractivity contribution is 8.00. The van der Waals surface area contributed by atoms with Gasteiger partial charge >= 0.3 is 0 Å². The van der Waals surface area contributed by atoms with Crippen molar-refractivity contribution in [2.45, 2.75) is 71.0 Å². The largest absolute Gasteiger partial charge is 0.326 e. The molecule has 0 saturated heterocycles. The fourth-order valence-corrected chi connectivity index (χ4v) is 4.24. The zero-order valence-electron chi connectivity index (χ0n) is 19.0. The molecule has 0 heterocycles. The van der Waals surface area contributed by atoms with Gasteiger partial charge < -0.3 is 10.6 Å². The molecule has 0 aliphatic heterocycles. The Balaban J connectivity index is 2.09. The van der Waals surface area contributed by atoms with Crippen molar-refractivity contribution in [2.24, 2.45) is 5.41 Å².